The van der Waals surface area contributed by atoms with E-state index in [1.807, 2.05) is 65.0 Å². The number of nitrogens with zero attached hydrogens (tertiary/aromatic N) is 3. The first kappa shape index (κ1) is 21.3. The summed E-state index contributed by atoms with van der Waals surface area (Å²) in [6, 6.07) is 18.0. The van der Waals surface area contributed by atoms with Crippen molar-refractivity contribution in [3.05, 3.63) is 99.3 Å². The van der Waals surface area contributed by atoms with Crippen molar-refractivity contribution < 1.29 is 4.79 Å². The highest BCUT2D eigenvalue weighted by Gasteiger charge is 2.15. The molecule has 0 aliphatic rings. The fourth-order valence-electron chi connectivity index (χ4n) is 3.40. The van der Waals surface area contributed by atoms with Crippen molar-refractivity contribution in [3.63, 3.8) is 0 Å². The molecule has 4 rings (SSSR count). The average Bonchev–Trinajstić information content (AvgIpc) is 3.40. The Hall–Kier alpha value is -2.90. The van der Waals surface area contributed by atoms with Gasteiger partial charge < -0.3 is 5.32 Å². The Morgan fingerprint density at radius 2 is 1.87 bits per heavy atom. The highest BCUT2D eigenvalue weighted by molar-refractivity contribution is 7.98. The summed E-state index contributed by atoms with van der Waals surface area (Å²) in [5.74, 6) is 0.675. The Kier molecular flexibility index (Phi) is 6.84. The lowest BCUT2D eigenvalue weighted by atomic mass is 10.1. The van der Waals surface area contributed by atoms with E-state index >= 15 is 0 Å². The van der Waals surface area contributed by atoms with Gasteiger partial charge in [0.25, 0.3) is 5.91 Å². The molecule has 31 heavy (non-hydrogen) atoms. The summed E-state index contributed by atoms with van der Waals surface area (Å²) < 4.78 is 2.00. The molecule has 7 heteroatoms. The molecule has 0 spiro atoms. The first-order valence-corrected chi connectivity index (χ1v) is 12.0. The molecule has 2 heterocycles. The molecule has 1 amide bonds. The molecule has 0 saturated heterocycles. The normalized spacial score (nSPS) is 10.9. The standard InChI is InChI=1S/C24H24N4OS2/c1-17-22(18(2)28(27-17)13-19-8-4-3-5-9-19)12-25-24(29)21-10-6-7-11-23(21)31-15-20-14-30-16-26-20/h3-11,14,16H,12-13,15H2,1-2H3,(H,25,29). The Labute approximate surface area is 190 Å². The molecule has 0 saturated carbocycles. The fraction of sp³-hybridized carbons (Fsp3) is 0.208. The summed E-state index contributed by atoms with van der Waals surface area (Å²) in [7, 11) is 0. The molecule has 0 unspecified atom stereocenters. The molecular weight excluding hydrogens is 424 g/mol. The van der Waals surface area contributed by atoms with E-state index in [9.17, 15) is 4.79 Å². The van der Waals surface area contributed by atoms with Gasteiger partial charge in [0.1, 0.15) is 0 Å². The van der Waals surface area contributed by atoms with Gasteiger partial charge in [0, 0.05) is 33.8 Å². The summed E-state index contributed by atoms with van der Waals surface area (Å²) in [6.07, 6.45) is 0. The second kappa shape index (κ2) is 9.94. The molecule has 2 aromatic carbocycles. The molecule has 0 fully saturated rings. The summed E-state index contributed by atoms with van der Waals surface area (Å²) in [4.78, 5) is 18.2. The minimum Gasteiger partial charge on any atom is -0.348 e. The topological polar surface area (TPSA) is 59.8 Å². The number of hydrogen-bond acceptors (Lipinski definition) is 5. The number of rotatable bonds is 8. The van der Waals surface area contributed by atoms with Crippen LogP contribution in [-0.4, -0.2) is 20.7 Å². The zero-order chi connectivity index (χ0) is 21.6. The first-order valence-electron chi connectivity index (χ1n) is 10.1. The molecule has 0 aliphatic carbocycles. The number of carbonyl (C=O) groups is 1. The number of thioether (sulfide) groups is 1. The molecule has 5 nitrogen and oxygen atoms in total. The molecule has 2 aromatic heterocycles. The maximum atomic E-state index is 13.0. The zero-order valence-corrected chi connectivity index (χ0v) is 19.2. The van der Waals surface area contributed by atoms with E-state index in [-0.39, 0.29) is 5.91 Å². The van der Waals surface area contributed by atoms with Gasteiger partial charge in [0.2, 0.25) is 0 Å². The van der Waals surface area contributed by atoms with Crippen LogP contribution in [0.4, 0.5) is 0 Å². The van der Waals surface area contributed by atoms with E-state index in [0.717, 1.165) is 39.8 Å². The van der Waals surface area contributed by atoms with Gasteiger partial charge in [-0.2, -0.15) is 5.10 Å². The lowest BCUT2D eigenvalue weighted by Gasteiger charge is -2.10. The quantitative estimate of drug-likeness (QED) is 0.375. The lowest BCUT2D eigenvalue weighted by molar-refractivity contribution is 0.0948. The van der Waals surface area contributed by atoms with Gasteiger partial charge in [-0.25, -0.2) is 4.98 Å². The van der Waals surface area contributed by atoms with Crippen LogP contribution < -0.4 is 5.32 Å². The number of aromatic nitrogens is 3. The van der Waals surface area contributed by atoms with Gasteiger partial charge in [0.15, 0.2) is 0 Å². The molecular formula is C24H24N4OS2. The third-order valence-corrected chi connectivity index (χ3v) is 6.87. The Morgan fingerprint density at radius 1 is 1.10 bits per heavy atom. The maximum Gasteiger partial charge on any atom is 0.252 e. The van der Waals surface area contributed by atoms with Crippen molar-refractivity contribution in [1.29, 1.82) is 0 Å². The van der Waals surface area contributed by atoms with Crippen molar-refractivity contribution >= 4 is 29.0 Å². The number of benzene rings is 2. The van der Waals surface area contributed by atoms with Crippen LogP contribution in [0.1, 0.15) is 38.6 Å². The Bertz CT molecular complexity index is 1150. The van der Waals surface area contributed by atoms with Crippen LogP contribution in [0.2, 0.25) is 0 Å². The number of nitrogens with one attached hydrogen (secondary N) is 1. The van der Waals surface area contributed by atoms with E-state index < -0.39 is 0 Å². The minimum absolute atomic E-state index is 0.0732. The van der Waals surface area contributed by atoms with Crippen LogP contribution >= 0.6 is 23.1 Å². The van der Waals surface area contributed by atoms with Crippen molar-refractivity contribution in [1.82, 2.24) is 20.1 Å². The molecule has 0 radical (unpaired) electrons. The summed E-state index contributed by atoms with van der Waals surface area (Å²) >= 11 is 3.22. The number of aryl methyl sites for hydroxylation is 1. The summed E-state index contributed by atoms with van der Waals surface area (Å²) in [6.45, 7) is 5.23. The molecule has 0 aliphatic heterocycles. The van der Waals surface area contributed by atoms with Crippen molar-refractivity contribution in [2.45, 2.75) is 37.6 Å². The number of thiazole rings is 1. The van der Waals surface area contributed by atoms with Crippen molar-refractivity contribution in [2.24, 2.45) is 0 Å². The second-order valence-corrected chi connectivity index (χ2v) is 8.98. The summed E-state index contributed by atoms with van der Waals surface area (Å²) in [5, 5.41) is 9.81. The monoisotopic (exact) mass is 448 g/mol. The van der Waals surface area contributed by atoms with Gasteiger partial charge >= 0.3 is 0 Å². The number of carbonyl (C=O) groups excluding carboxylic acids is 1. The highest BCUT2D eigenvalue weighted by atomic mass is 32.2. The van der Waals surface area contributed by atoms with E-state index in [1.165, 1.54) is 5.56 Å². The Morgan fingerprint density at radius 3 is 2.65 bits per heavy atom. The second-order valence-electron chi connectivity index (χ2n) is 7.24. The SMILES string of the molecule is Cc1nn(Cc2ccccc2)c(C)c1CNC(=O)c1ccccc1SCc1cscn1. The van der Waals surface area contributed by atoms with E-state index in [0.29, 0.717) is 12.1 Å². The third kappa shape index (κ3) is 5.24. The lowest BCUT2D eigenvalue weighted by Crippen LogP contribution is -2.24. The summed E-state index contributed by atoms with van der Waals surface area (Å²) in [5.41, 5.74) is 7.84. The number of amides is 1. The average molecular weight is 449 g/mol. The molecule has 0 atom stereocenters. The van der Waals surface area contributed by atoms with Crippen LogP contribution in [-0.2, 0) is 18.8 Å². The smallest absolute Gasteiger partial charge is 0.252 e. The molecule has 158 valence electrons. The highest BCUT2D eigenvalue weighted by Crippen LogP contribution is 2.26. The fourth-order valence-corrected chi connectivity index (χ4v) is 5.02. The van der Waals surface area contributed by atoms with Gasteiger partial charge in [-0.15, -0.1) is 23.1 Å². The van der Waals surface area contributed by atoms with Crippen LogP contribution in [0.15, 0.2) is 70.4 Å². The van der Waals surface area contributed by atoms with Crippen LogP contribution in [0.25, 0.3) is 0 Å². The first-order chi connectivity index (χ1) is 15.1. The predicted octanol–water partition coefficient (Wildman–Crippen LogP) is 5.23. The zero-order valence-electron chi connectivity index (χ0n) is 17.5. The van der Waals surface area contributed by atoms with Gasteiger partial charge in [-0.1, -0.05) is 42.5 Å². The van der Waals surface area contributed by atoms with Gasteiger partial charge in [-0.05, 0) is 31.5 Å². The van der Waals surface area contributed by atoms with Gasteiger partial charge in [0.05, 0.1) is 29.0 Å². The van der Waals surface area contributed by atoms with E-state index in [1.54, 1.807) is 23.1 Å². The maximum absolute atomic E-state index is 13.0. The molecule has 4 aromatic rings. The van der Waals surface area contributed by atoms with Crippen LogP contribution in [0.5, 0.6) is 0 Å². The van der Waals surface area contributed by atoms with Crippen molar-refractivity contribution in [3.8, 4) is 0 Å². The molecule has 0 bridgehead atoms. The van der Waals surface area contributed by atoms with E-state index in [4.69, 9.17) is 0 Å². The largest absolute Gasteiger partial charge is 0.348 e. The minimum atomic E-state index is -0.0732. The number of hydrogen-bond donors (Lipinski definition) is 1. The molecule has 1 N–H and O–H groups in total. The third-order valence-electron chi connectivity index (χ3n) is 5.12. The van der Waals surface area contributed by atoms with Crippen molar-refractivity contribution in [2.75, 3.05) is 0 Å². The predicted molar refractivity (Wildman–Crippen MR) is 127 cm³/mol. The Balaban J connectivity index is 1.43. The van der Waals surface area contributed by atoms with Crippen LogP contribution in [0.3, 0.4) is 0 Å². The van der Waals surface area contributed by atoms with Gasteiger partial charge in [-0.3, -0.25) is 9.48 Å². The van der Waals surface area contributed by atoms with E-state index in [2.05, 4.69) is 34.5 Å². The van der Waals surface area contributed by atoms with Crippen LogP contribution in [0, 0.1) is 13.8 Å².